The fourth-order valence-electron chi connectivity index (χ4n) is 8.83. The number of halogens is 1. The molecule has 4 aliphatic carbocycles. The van der Waals surface area contributed by atoms with E-state index in [9.17, 15) is 19.1 Å². The molecule has 1 saturated heterocycles. The van der Waals surface area contributed by atoms with Crippen LogP contribution in [0.4, 0.5) is 4.39 Å². The third-order valence-corrected chi connectivity index (χ3v) is 11.6. The van der Waals surface area contributed by atoms with Crippen molar-refractivity contribution in [1.82, 2.24) is 9.78 Å². The molecule has 238 valence electrons. The van der Waals surface area contributed by atoms with Gasteiger partial charge in [-0.25, -0.2) is 4.79 Å². The SMILES string of the molecule is CCC(C)(C)c1cc(C(=O)OC2C(C)=CC34C(=O)C(C=C5COC(C)OC5C23O)[C@@H]2CC(C)(C)[C@@H]2C[C@H]4C)n(C)n1.CF. The molecule has 0 amide bonds. The molecule has 1 aromatic heterocycles. The van der Waals surface area contributed by atoms with E-state index in [0.29, 0.717) is 24.4 Å². The summed E-state index contributed by atoms with van der Waals surface area (Å²) in [7, 11) is 2.23. The minimum absolute atomic E-state index is 0.0130. The number of nitrogens with zero attached hydrogens (tertiary/aromatic N) is 2. The third kappa shape index (κ3) is 4.43. The number of carbonyl (C=O) groups is 2. The van der Waals surface area contributed by atoms with Crippen LogP contribution >= 0.6 is 0 Å². The predicted octanol–water partition coefficient (Wildman–Crippen LogP) is 5.49. The van der Waals surface area contributed by atoms with Crippen LogP contribution in [0.2, 0.25) is 0 Å². The van der Waals surface area contributed by atoms with E-state index < -0.39 is 35.5 Å². The molecule has 2 saturated carbocycles. The van der Waals surface area contributed by atoms with Crippen LogP contribution < -0.4 is 0 Å². The summed E-state index contributed by atoms with van der Waals surface area (Å²) in [6, 6.07) is 1.78. The fraction of sp³-hybridized carbons (Fsp3) is 0.735. The van der Waals surface area contributed by atoms with Crippen molar-refractivity contribution in [2.45, 2.75) is 104 Å². The second-order valence-electron chi connectivity index (χ2n) is 14.8. The van der Waals surface area contributed by atoms with Crippen LogP contribution in [0.25, 0.3) is 0 Å². The number of allylic oxidation sites excluding steroid dienone is 1. The molecule has 3 fully saturated rings. The van der Waals surface area contributed by atoms with Gasteiger partial charge in [0.25, 0.3) is 0 Å². The first-order chi connectivity index (χ1) is 20.1. The third-order valence-electron chi connectivity index (χ3n) is 11.6. The summed E-state index contributed by atoms with van der Waals surface area (Å²) in [5.41, 5.74) is -0.617. The van der Waals surface area contributed by atoms with Crippen molar-refractivity contribution in [3.63, 3.8) is 0 Å². The minimum Gasteiger partial charge on any atom is -0.450 e. The molecule has 8 nitrogen and oxygen atoms in total. The topological polar surface area (TPSA) is 99.9 Å². The summed E-state index contributed by atoms with van der Waals surface area (Å²) in [6.07, 6.45) is 4.10. The molecule has 43 heavy (non-hydrogen) atoms. The molecule has 1 N–H and O–H groups in total. The number of carbonyl (C=O) groups excluding carboxylic acids is 2. The van der Waals surface area contributed by atoms with Crippen molar-refractivity contribution >= 4 is 11.8 Å². The van der Waals surface area contributed by atoms with E-state index in [1.807, 2.05) is 19.1 Å². The van der Waals surface area contributed by atoms with Crippen LogP contribution in [0.15, 0.2) is 29.4 Å². The number of hydrogen-bond acceptors (Lipinski definition) is 7. The molecule has 1 aliphatic heterocycles. The van der Waals surface area contributed by atoms with Crippen LogP contribution in [0.1, 0.15) is 90.8 Å². The highest BCUT2D eigenvalue weighted by Crippen LogP contribution is 2.67. The summed E-state index contributed by atoms with van der Waals surface area (Å²) >= 11 is 0. The van der Waals surface area contributed by atoms with E-state index in [1.54, 1.807) is 24.7 Å². The van der Waals surface area contributed by atoms with Crippen molar-refractivity contribution in [3.05, 3.63) is 40.8 Å². The first-order valence-electron chi connectivity index (χ1n) is 15.7. The molecular weight excluding hydrogens is 551 g/mol. The van der Waals surface area contributed by atoms with E-state index in [-0.39, 0.29) is 41.0 Å². The van der Waals surface area contributed by atoms with Gasteiger partial charge in [-0.15, -0.1) is 0 Å². The highest BCUT2D eigenvalue weighted by Gasteiger charge is 2.75. The van der Waals surface area contributed by atoms with Gasteiger partial charge in [0.05, 0.1) is 24.9 Å². The Hall–Kier alpha value is -2.36. The number of fused-ring (bicyclic) bond motifs is 5. The quantitative estimate of drug-likeness (QED) is 0.361. The van der Waals surface area contributed by atoms with Crippen molar-refractivity contribution < 1.29 is 33.3 Å². The molecule has 2 bridgehead atoms. The fourth-order valence-corrected chi connectivity index (χ4v) is 8.83. The van der Waals surface area contributed by atoms with Crippen molar-refractivity contribution in [2.75, 3.05) is 13.8 Å². The van der Waals surface area contributed by atoms with Gasteiger partial charge in [-0.3, -0.25) is 13.9 Å². The number of aromatic nitrogens is 2. The molecule has 2 heterocycles. The Bertz CT molecular complexity index is 1360. The maximum Gasteiger partial charge on any atom is 0.357 e. The van der Waals surface area contributed by atoms with Gasteiger partial charge >= 0.3 is 5.97 Å². The number of ketones is 1. The maximum atomic E-state index is 14.8. The normalized spacial score (nSPS) is 39.3. The average Bonchev–Trinajstić information content (AvgIpc) is 3.43. The highest BCUT2D eigenvalue weighted by molar-refractivity contribution is 5.95. The van der Waals surface area contributed by atoms with Crippen LogP contribution in [-0.4, -0.2) is 64.5 Å². The molecule has 1 spiro atoms. The van der Waals surface area contributed by atoms with E-state index >= 15 is 0 Å². The lowest BCUT2D eigenvalue weighted by Gasteiger charge is -2.54. The Morgan fingerprint density at radius 1 is 1.28 bits per heavy atom. The number of alkyl halides is 1. The largest absolute Gasteiger partial charge is 0.450 e. The van der Waals surface area contributed by atoms with Crippen LogP contribution in [0.3, 0.4) is 0 Å². The van der Waals surface area contributed by atoms with Gasteiger partial charge in [-0.2, -0.15) is 5.10 Å². The van der Waals surface area contributed by atoms with Crippen molar-refractivity contribution in [3.8, 4) is 0 Å². The Morgan fingerprint density at radius 3 is 2.58 bits per heavy atom. The number of hydrogen-bond donors (Lipinski definition) is 1. The van der Waals surface area contributed by atoms with E-state index in [1.165, 1.54) is 0 Å². The summed E-state index contributed by atoms with van der Waals surface area (Å²) < 4.78 is 29.6. The zero-order chi connectivity index (χ0) is 31.9. The average molecular weight is 601 g/mol. The lowest BCUT2D eigenvalue weighted by molar-refractivity contribution is -0.259. The Labute approximate surface area is 255 Å². The number of ether oxygens (including phenoxy) is 3. The summed E-state index contributed by atoms with van der Waals surface area (Å²) in [4.78, 5) is 28.7. The molecule has 5 aliphatic rings. The van der Waals surface area contributed by atoms with Gasteiger partial charge in [0.2, 0.25) is 0 Å². The van der Waals surface area contributed by atoms with Gasteiger partial charge < -0.3 is 19.3 Å². The van der Waals surface area contributed by atoms with Gasteiger partial charge in [0.1, 0.15) is 11.8 Å². The van der Waals surface area contributed by atoms with Gasteiger partial charge in [-0.1, -0.05) is 53.7 Å². The number of esters is 1. The monoisotopic (exact) mass is 600 g/mol. The van der Waals surface area contributed by atoms with Crippen molar-refractivity contribution in [1.29, 1.82) is 0 Å². The summed E-state index contributed by atoms with van der Waals surface area (Å²) in [5.74, 6) is -0.530. The predicted molar refractivity (Wildman–Crippen MR) is 160 cm³/mol. The Morgan fingerprint density at radius 2 is 1.95 bits per heavy atom. The van der Waals surface area contributed by atoms with Crippen LogP contribution in [0.5, 0.6) is 0 Å². The van der Waals surface area contributed by atoms with Gasteiger partial charge in [0, 0.05) is 18.4 Å². The van der Waals surface area contributed by atoms with E-state index in [4.69, 9.17) is 14.2 Å². The highest BCUT2D eigenvalue weighted by atomic mass is 19.1. The first-order valence-corrected chi connectivity index (χ1v) is 15.7. The van der Waals surface area contributed by atoms with Crippen molar-refractivity contribution in [2.24, 2.45) is 41.5 Å². The smallest absolute Gasteiger partial charge is 0.357 e. The lowest BCUT2D eigenvalue weighted by Crippen LogP contribution is -2.67. The first kappa shape index (κ1) is 32.0. The zero-order valence-electron chi connectivity index (χ0n) is 27.4. The summed E-state index contributed by atoms with van der Waals surface area (Å²) in [5, 5.41) is 17.8. The van der Waals surface area contributed by atoms with Crippen LogP contribution in [0, 0.1) is 34.5 Å². The molecule has 9 atom stereocenters. The van der Waals surface area contributed by atoms with Gasteiger partial charge in [0.15, 0.2) is 23.8 Å². The molecule has 1 aromatic rings. The lowest BCUT2D eigenvalue weighted by atomic mass is 9.51. The summed E-state index contributed by atoms with van der Waals surface area (Å²) in [6.45, 7) is 16.8. The second kappa shape index (κ2) is 10.6. The maximum absolute atomic E-state index is 14.8. The molecule has 9 heteroatoms. The number of Topliss-reactive ketones (excluding diaryl/α,β-unsaturated/α-hetero) is 1. The van der Waals surface area contributed by atoms with E-state index in [0.717, 1.165) is 30.5 Å². The number of aliphatic hydroxyl groups is 1. The molecule has 0 radical (unpaired) electrons. The zero-order valence-corrected chi connectivity index (χ0v) is 27.4. The Kier molecular flexibility index (Phi) is 7.92. The molecule has 6 unspecified atom stereocenters. The van der Waals surface area contributed by atoms with Gasteiger partial charge in [-0.05, 0) is 73.5 Å². The minimum atomic E-state index is -1.82. The van der Waals surface area contributed by atoms with E-state index in [2.05, 4.69) is 46.6 Å². The Balaban J connectivity index is 0.00000180. The molecule has 6 rings (SSSR count). The molecule has 0 aromatic carbocycles. The standard InChI is InChI=1S/C33H46N2O6.CH3F/c1-10-30(5,6)25-13-24(35(9)34-25)29(37)41-27-17(2)14-32-18(3)11-23-22(15-31(23,7)8)21(26(32)36)12-20-16-39-19(4)40-28(20)33(27,32)38;1-2/h12-14,18-19,21-23,27-28,38H,10-11,15-16H2,1-9H3;1H3/t18-,19?,21?,22+,23-,27?,28?,32?,33?;/m1./s1. The second-order valence-corrected chi connectivity index (χ2v) is 14.8. The van der Waals surface area contributed by atoms with Crippen LogP contribution in [-0.2, 0) is 31.5 Å². The number of rotatable bonds is 4. The molecular formula is C34H49FN2O6. The number of aryl methyl sites for hydroxylation is 1.